The highest BCUT2D eigenvalue weighted by Crippen LogP contribution is 2.25. The molecule has 0 spiro atoms. The Morgan fingerprint density at radius 3 is 2.83 bits per heavy atom. The van der Waals surface area contributed by atoms with Crippen molar-refractivity contribution in [2.45, 2.75) is 45.4 Å². The molecule has 0 radical (unpaired) electrons. The fourth-order valence-electron chi connectivity index (χ4n) is 1.71. The summed E-state index contributed by atoms with van der Waals surface area (Å²) >= 11 is 0. The number of ketones is 2. The first-order valence-corrected chi connectivity index (χ1v) is 4.78. The molecule has 2 nitrogen and oxygen atoms in total. The lowest BCUT2D eigenvalue weighted by Crippen LogP contribution is -2.08. The van der Waals surface area contributed by atoms with Gasteiger partial charge in [0.1, 0.15) is 11.6 Å². The molecule has 1 rings (SSSR count). The molecule has 2 heteroatoms. The van der Waals surface area contributed by atoms with Crippen LogP contribution in [0.25, 0.3) is 0 Å². The van der Waals surface area contributed by atoms with Crippen LogP contribution in [-0.2, 0) is 9.59 Å². The lowest BCUT2D eigenvalue weighted by molar-refractivity contribution is -0.121. The third kappa shape index (κ3) is 2.43. The largest absolute Gasteiger partial charge is 0.300 e. The maximum absolute atomic E-state index is 11.2. The summed E-state index contributed by atoms with van der Waals surface area (Å²) in [5, 5.41) is 0. The molecule has 0 N–H and O–H groups in total. The molecule has 0 bridgehead atoms. The van der Waals surface area contributed by atoms with Crippen LogP contribution in [0.4, 0.5) is 0 Å². The summed E-state index contributed by atoms with van der Waals surface area (Å²) in [5.41, 5.74) is 0. The highest BCUT2D eigenvalue weighted by atomic mass is 16.1. The highest BCUT2D eigenvalue weighted by Gasteiger charge is 2.24. The first-order chi connectivity index (χ1) is 5.74. The van der Waals surface area contributed by atoms with E-state index in [2.05, 4.69) is 0 Å². The van der Waals surface area contributed by atoms with E-state index in [0.29, 0.717) is 18.6 Å². The monoisotopic (exact) mass is 168 g/mol. The molecule has 0 aromatic rings. The van der Waals surface area contributed by atoms with Gasteiger partial charge in [-0.1, -0.05) is 6.92 Å². The van der Waals surface area contributed by atoms with E-state index in [9.17, 15) is 9.59 Å². The van der Waals surface area contributed by atoms with Gasteiger partial charge in [-0.2, -0.15) is 0 Å². The Bertz CT molecular complexity index is 184. The summed E-state index contributed by atoms with van der Waals surface area (Å²) in [6.45, 7) is 1.87. The van der Waals surface area contributed by atoms with E-state index >= 15 is 0 Å². The molecule has 0 aromatic heterocycles. The zero-order chi connectivity index (χ0) is 8.97. The van der Waals surface area contributed by atoms with Crippen LogP contribution in [0.2, 0.25) is 0 Å². The van der Waals surface area contributed by atoms with Crippen molar-refractivity contribution in [3.8, 4) is 0 Å². The number of hydrogen-bond donors (Lipinski definition) is 0. The van der Waals surface area contributed by atoms with Crippen LogP contribution in [0, 0.1) is 5.92 Å². The van der Waals surface area contributed by atoms with Crippen LogP contribution in [0.15, 0.2) is 0 Å². The second-order valence-electron chi connectivity index (χ2n) is 3.49. The molecule has 0 heterocycles. The molecule has 1 aliphatic rings. The minimum atomic E-state index is 0.209. The summed E-state index contributed by atoms with van der Waals surface area (Å²) < 4.78 is 0. The van der Waals surface area contributed by atoms with E-state index in [1.54, 1.807) is 0 Å². The maximum atomic E-state index is 11.2. The van der Waals surface area contributed by atoms with Crippen LogP contribution in [-0.4, -0.2) is 11.6 Å². The molecule has 1 unspecified atom stereocenters. The molecular formula is C10H16O2. The Kier molecular flexibility index (Phi) is 3.45. The molecule has 12 heavy (non-hydrogen) atoms. The molecule has 0 amide bonds. The van der Waals surface area contributed by atoms with Gasteiger partial charge in [0.2, 0.25) is 0 Å². The summed E-state index contributed by atoms with van der Waals surface area (Å²) in [6.07, 6.45) is 4.80. The predicted octanol–water partition coefficient (Wildman–Crippen LogP) is 2.11. The van der Waals surface area contributed by atoms with Crippen molar-refractivity contribution in [2.75, 3.05) is 0 Å². The smallest absolute Gasteiger partial charge is 0.135 e. The van der Waals surface area contributed by atoms with Crippen molar-refractivity contribution in [3.05, 3.63) is 0 Å². The molecule has 1 saturated carbocycles. The van der Waals surface area contributed by atoms with E-state index in [-0.39, 0.29) is 11.7 Å². The summed E-state index contributed by atoms with van der Waals surface area (Å²) in [7, 11) is 0. The molecule has 68 valence electrons. The van der Waals surface area contributed by atoms with E-state index in [1.165, 1.54) is 0 Å². The van der Waals surface area contributed by atoms with E-state index in [4.69, 9.17) is 0 Å². The van der Waals surface area contributed by atoms with Gasteiger partial charge in [0.25, 0.3) is 0 Å². The van der Waals surface area contributed by atoms with Gasteiger partial charge in [-0.15, -0.1) is 0 Å². The average molecular weight is 168 g/mol. The van der Waals surface area contributed by atoms with E-state index in [1.807, 2.05) is 6.92 Å². The zero-order valence-corrected chi connectivity index (χ0v) is 7.64. The molecule has 0 saturated heterocycles. The molecule has 0 aromatic carbocycles. The number of Topliss-reactive ketones (excluding diaryl/α,β-unsaturated/α-hetero) is 2. The fourth-order valence-corrected chi connectivity index (χ4v) is 1.71. The maximum Gasteiger partial charge on any atom is 0.135 e. The zero-order valence-electron chi connectivity index (χ0n) is 7.64. The predicted molar refractivity (Wildman–Crippen MR) is 46.9 cm³/mol. The van der Waals surface area contributed by atoms with Gasteiger partial charge in [0.05, 0.1) is 0 Å². The Balaban J connectivity index is 2.22. The summed E-state index contributed by atoms with van der Waals surface area (Å²) in [6, 6.07) is 0. The van der Waals surface area contributed by atoms with E-state index < -0.39 is 0 Å². The Labute approximate surface area is 73.3 Å². The van der Waals surface area contributed by atoms with Crippen molar-refractivity contribution >= 4 is 11.6 Å². The second kappa shape index (κ2) is 4.39. The van der Waals surface area contributed by atoms with Gasteiger partial charge < -0.3 is 0 Å². The lowest BCUT2D eigenvalue weighted by Gasteiger charge is -2.04. The van der Waals surface area contributed by atoms with Crippen molar-refractivity contribution in [1.29, 1.82) is 0 Å². The van der Waals surface area contributed by atoms with Gasteiger partial charge in [-0.25, -0.2) is 0 Å². The normalized spacial score (nSPS) is 23.1. The summed E-state index contributed by atoms with van der Waals surface area (Å²) in [4.78, 5) is 22.1. The highest BCUT2D eigenvalue weighted by molar-refractivity contribution is 5.84. The molecular weight excluding hydrogens is 152 g/mol. The van der Waals surface area contributed by atoms with Crippen molar-refractivity contribution in [1.82, 2.24) is 0 Å². The average Bonchev–Trinajstić information content (AvgIpc) is 2.47. The molecule has 1 aliphatic carbocycles. The number of carbonyl (C=O) groups is 2. The third-order valence-corrected chi connectivity index (χ3v) is 2.60. The number of hydrogen-bond acceptors (Lipinski definition) is 2. The minimum absolute atomic E-state index is 0.209. The first-order valence-electron chi connectivity index (χ1n) is 4.78. The Morgan fingerprint density at radius 1 is 1.58 bits per heavy atom. The van der Waals surface area contributed by atoms with Gasteiger partial charge in [-0.05, 0) is 19.3 Å². The number of carbonyl (C=O) groups excluding carboxylic acids is 2. The van der Waals surface area contributed by atoms with E-state index in [0.717, 1.165) is 25.7 Å². The topological polar surface area (TPSA) is 34.1 Å². The van der Waals surface area contributed by atoms with Crippen LogP contribution in [0.1, 0.15) is 45.4 Å². The van der Waals surface area contributed by atoms with Gasteiger partial charge in [-0.3, -0.25) is 9.59 Å². The Morgan fingerprint density at radius 2 is 2.33 bits per heavy atom. The lowest BCUT2D eigenvalue weighted by atomic mass is 9.99. The Hall–Kier alpha value is -0.660. The quantitative estimate of drug-likeness (QED) is 0.644. The first kappa shape index (κ1) is 9.43. The van der Waals surface area contributed by atoms with Gasteiger partial charge >= 0.3 is 0 Å². The van der Waals surface area contributed by atoms with Crippen LogP contribution in [0.5, 0.6) is 0 Å². The SMILES string of the molecule is CCC(=O)CCC1CCCC1=O. The minimum Gasteiger partial charge on any atom is -0.300 e. The number of rotatable bonds is 4. The standard InChI is InChI=1S/C10H16O2/c1-2-9(11)7-6-8-4-3-5-10(8)12/h8H,2-7H2,1H3. The van der Waals surface area contributed by atoms with Gasteiger partial charge in [0, 0.05) is 25.2 Å². The van der Waals surface area contributed by atoms with Crippen LogP contribution >= 0.6 is 0 Å². The van der Waals surface area contributed by atoms with Gasteiger partial charge in [0.15, 0.2) is 0 Å². The second-order valence-corrected chi connectivity index (χ2v) is 3.49. The molecule has 1 atom stereocenters. The third-order valence-electron chi connectivity index (χ3n) is 2.60. The van der Waals surface area contributed by atoms with Crippen molar-refractivity contribution < 1.29 is 9.59 Å². The molecule has 1 fully saturated rings. The summed E-state index contributed by atoms with van der Waals surface area (Å²) in [5.74, 6) is 0.870. The van der Waals surface area contributed by atoms with Crippen LogP contribution < -0.4 is 0 Å². The van der Waals surface area contributed by atoms with Crippen molar-refractivity contribution in [3.63, 3.8) is 0 Å². The fraction of sp³-hybridized carbons (Fsp3) is 0.800. The molecule has 0 aliphatic heterocycles. The van der Waals surface area contributed by atoms with Crippen LogP contribution in [0.3, 0.4) is 0 Å². The van der Waals surface area contributed by atoms with Crippen molar-refractivity contribution in [2.24, 2.45) is 5.92 Å².